The van der Waals surface area contributed by atoms with Gasteiger partial charge in [0.05, 0.1) is 11.6 Å². The molecule has 33 heavy (non-hydrogen) atoms. The summed E-state index contributed by atoms with van der Waals surface area (Å²) in [5.74, 6) is -0.380. The van der Waals surface area contributed by atoms with Crippen molar-refractivity contribution in [1.82, 2.24) is 31.1 Å². The Bertz CT molecular complexity index is 1020. The molecule has 176 valence electrons. The van der Waals surface area contributed by atoms with Crippen molar-refractivity contribution >= 4 is 5.91 Å². The van der Waals surface area contributed by atoms with Crippen LogP contribution in [0.25, 0.3) is 0 Å². The predicted octanol–water partition coefficient (Wildman–Crippen LogP) is 2.03. The molecule has 0 radical (unpaired) electrons. The molecule has 7 nitrogen and oxygen atoms in total. The van der Waals surface area contributed by atoms with Crippen molar-refractivity contribution in [3.8, 4) is 0 Å². The van der Waals surface area contributed by atoms with Crippen LogP contribution in [0.3, 0.4) is 0 Å². The van der Waals surface area contributed by atoms with Gasteiger partial charge in [-0.05, 0) is 49.5 Å². The van der Waals surface area contributed by atoms with E-state index in [1.807, 2.05) is 23.0 Å². The van der Waals surface area contributed by atoms with Crippen molar-refractivity contribution in [3.63, 3.8) is 0 Å². The number of carbonyl (C=O) groups excluding carboxylic acids is 1. The van der Waals surface area contributed by atoms with E-state index in [0.717, 1.165) is 37.0 Å². The number of amides is 1. The van der Waals surface area contributed by atoms with Gasteiger partial charge in [-0.15, -0.1) is 0 Å². The van der Waals surface area contributed by atoms with Crippen LogP contribution in [0.5, 0.6) is 0 Å². The Balaban J connectivity index is 1.28. The minimum Gasteiger partial charge on any atom is -0.377 e. The normalized spacial score (nSPS) is 37.4. The second kappa shape index (κ2) is 7.75. The summed E-state index contributed by atoms with van der Waals surface area (Å²) in [5.41, 5.74) is 5.16. The van der Waals surface area contributed by atoms with Crippen LogP contribution >= 0.6 is 0 Å². The van der Waals surface area contributed by atoms with Crippen molar-refractivity contribution in [3.05, 3.63) is 59.3 Å². The van der Waals surface area contributed by atoms with E-state index >= 15 is 0 Å². The van der Waals surface area contributed by atoms with Gasteiger partial charge in [0.25, 0.3) is 12.3 Å². The van der Waals surface area contributed by atoms with Gasteiger partial charge in [-0.2, -0.15) is 5.12 Å². The first-order chi connectivity index (χ1) is 15.9. The molecule has 3 saturated heterocycles. The quantitative estimate of drug-likeness (QED) is 0.599. The highest BCUT2D eigenvalue weighted by molar-refractivity contribution is 5.97. The first-order valence-electron chi connectivity index (χ1n) is 11.5. The summed E-state index contributed by atoms with van der Waals surface area (Å²) in [6.45, 7) is 0. The minimum absolute atomic E-state index is 0.0180. The molecule has 10 heteroatoms. The fourth-order valence-electron chi connectivity index (χ4n) is 6.16. The maximum Gasteiger partial charge on any atom is 0.257 e. The van der Waals surface area contributed by atoms with Crippen LogP contribution < -0.4 is 16.1 Å². The Hall–Kier alpha value is -2.56. The van der Waals surface area contributed by atoms with Crippen LogP contribution in [0.4, 0.5) is 13.2 Å². The average Bonchev–Trinajstić information content (AvgIpc) is 3.09. The smallest absolute Gasteiger partial charge is 0.257 e. The van der Waals surface area contributed by atoms with Crippen LogP contribution in [0.15, 0.2) is 59.3 Å². The zero-order chi connectivity index (χ0) is 22.9. The third kappa shape index (κ3) is 3.26. The highest BCUT2D eigenvalue weighted by Crippen LogP contribution is 2.45. The van der Waals surface area contributed by atoms with Crippen molar-refractivity contribution in [2.45, 2.75) is 62.6 Å². The van der Waals surface area contributed by atoms with Crippen LogP contribution in [0.2, 0.25) is 0 Å². The molecule has 2 bridgehead atoms. The summed E-state index contributed by atoms with van der Waals surface area (Å²) in [4.78, 5) is 15.6. The number of fused-ring (bicyclic) bond motifs is 4. The molecule has 6 rings (SSSR count). The van der Waals surface area contributed by atoms with E-state index in [2.05, 4.69) is 16.1 Å². The number of piperidine rings is 1. The number of dihydropyridines is 1. The molecule has 1 aliphatic carbocycles. The fraction of sp³-hybridized carbons (Fsp3) is 0.522. The predicted molar refractivity (Wildman–Crippen MR) is 115 cm³/mol. The van der Waals surface area contributed by atoms with Crippen LogP contribution in [-0.4, -0.2) is 64.9 Å². The lowest BCUT2D eigenvalue weighted by Gasteiger charge is -2.57. The number of hydrazine groups is 2. The lowest BCUT2D eigenvalue weighted by atomic mass is 9.84. The largest absolute Gasteiger partial charge is 0.377 e. The molecule has 3 fully saturated rings. The van der Waals surface area contributed by atoms with Gasteiger partial charge in [0.15, 0.2) is 6.29 Å². The van der Waals surface area contributed by atoms with Gasteiger partial charge in [0.1, 0.15) is 11.9 Å². The second-order valence-corrected chi connectivity index (χ2v) is 9.47. The second-order valence-electron chi connectivity index (χ2n) is 9.47. The summed E-state index contributed by atoms with van der Waals surface area (Å²) >= 11 is 0. The molecule has 0 aromatic heterocycles. The summed E-state index contributed by atoms with van der Waals surface area (Å²) in [6, 6.07) is -1.48. The number of hydrogen-bond acceptors (Lipinski definition) is 6. The summed E-state index contributed by atoms with van der Waals surface area (Å²) < 4.78 is 41.3. The van der Waals surface area contributed by atoms with Gasteiger partial charge < -0.3 is 10.2 Å². The topological polar surface area (TPSA) is 62.9 Å². The van der Waals surface area contributed by atoms with E-state index in [9.17, 15) is 18.0 Å². The highest BCUT2D eigenvalue weighted by Gasteiger charge is 2.51. The lowest BCUT2D eigenvalue weighted by molar-refractivity contribution is -0.219. The zero-order valence-electron chi connectivity index (χ0n) is 18.2. The maximum atomic E-state index is 14.1. The van der Waals surface area contributed by atoms with Gasteiger partial charge in [-0.3, -0.25) is 15.1 Å². The standard InChI is InChI=1S/C23H27F3N6O/c1-30-29-23-28-17(21(25)26)10-19(32(23)30)15-7-5-14-6-8-18(15)31(14)22(33)13-9-12-3-2-4-16(24)20(12)27-11-13/h2-4,9-11,14-15,17-18,20-21,23,27-29H,5-8H2,1H3/t14-,15-,17?,18-,20?,23?/m0/s1. The fourth-order valence-corrected chi connectivity index (χ4v) is 6.16. The van der Waals surface area contributed by atoms with E-state index < -0.39 is 18.5 Å². The van der Waals surface area contributed by atoms with Gasteiger partial charge in [-0.1, -0.05) is 12.2 Å². The number of rotatable bonds is 3. The van der Waals surface area contributed by atoms with E-state index in [0.29, 0.717) is 5.57 Å². The lowest BCUT2D eigenvalue weighted by Crippen LogP contribution is -2.79. The van der Waals surface area contributed by atoms with E-state index in [4.69, 9.17) is 0 Å². The first-order valence-corrected chi connectivity index (χ1v) is 11.5. The Morgan fingerprint density at radius 2 is 2.03 bits per heavy atom. The third-order valence-corrected chi connectivity index (χ3v) is 7.68. The molecule has 3 unspecified atom stereocenters. The molecule has 5 heterocycles. The van der Waals surface area contributed by atoms with Crippen molar-refractivity contribution in [2.24, 2.45) is 5.92 Å². The molecule has 6 atom stereocenters. The van der Waals surface area contributed by atoms with E-state index in [1.54, 1.807) is 29.5 Å². The maximum absolute atomic E-state index is 14.1. The summed E-state index contributed by atoms with van der Waals surface area (Å²) in [7, 11) is 1.85. The molecule has 0 spiro atoms. The molecule has 3 N–H and O–H groups in total. The number of halogens is 3. The van der Waals surface area contributed by atoms with Crippen LogP contribution in [0.1, 0.15) is 25.7 Å². The molecule has 0 aromatic rings. The van der Waals surface area contributed by atoms with Crippen LogP contribution in [-0.2, 0) is 4.79 Å². The number of alkyl halides is 2. The van der Waals surface area contributed by atoms with Crippen molar-refractivity contribution in [1.29, 1.82) is 0 Å². The third-order valence-electron chi connectivity index (χ3n) is 7.68. The first kappa shape index (κ1) is 21.0. The number of hydrogen-bond donors (Lipinski definition) is 3. The van der Waals surface area contributed by atoms with Gasteiger partial charge in [-0.25, -0.2) is 18.6 Å². The molecular formula is C23H27F3N6O. The average molecular weight is 461 g/mol. The zero-order valence-corrected chi connectivity index (χ0v) is 18.2. The molecule has 1 amide bonds. The summed E-state index contributed by atoms with van der Waals surface area (Å²) in [6.07, 6.45) is 10.4. The Labute approximate surface area is 190 Å². The van der Waals surface area contributed by atoms with Gasteiger partial charge in [0, 0.05) is 36.9 Å². The molecular weight excluding hydrogens is 433 g/mol. The van der Waals surface area contributed by atoms with E-state index in [-0.39, 0.29) is 36.0 Å². The molecule has 0 aromatic carbocycles. The Morgan fingerprint density at radius 3 is 2.82 bits per heavy atom. The SMILES string of the molecule is CN1NC2NC(C(F)F)C=C([C@H]3CC[C@H]4CC[C@@H]3N4C(=O)C3=CNC4C(F)=CC=CC4=C3)N21. The minimum atomic E-state index is -2.51. The number of nitrogens with zero attached hydrogens (tertiary/aromatic N) is 3. The van der Waals surface area contributed by atoms with Crippen molar-refractivity contribution < 1.29 is 18.0 Å². The Kier molecular flexibility index (Phi) is 4.93. The van der Waals surface area contributed by atoms with Crippen LogP contribution in [0, 0.1) is 5.92 Å². The number of carbonyl (C=O) groups is 1. The van der Waals surface area contributed by atoms with Gasteiger partial charge in [0.2, 0.25) is 0 Å². The van der Waals surface area contributed by atoms with Gasteiger partial charge >= 0.3 is 0 Å². The molecule has 6 aliphatic rings. The number of nitrogens with one attached hydrogen (secondary N) is 3. The molecule has 0 saturated carbocycles. The monoisotopic (exact) mass is 460 g/mol. The van der Waals surface area contributed by atoms with E-state index in [1.165, 1.54) is 6.08 Å². The van der Waals surface area contributed by atoms with Crippen molar-refractivity contribution in [2.75, 3.05) is 7.05 Å². The Morgan fingerprint density at radius 1 is 1.21 bits per heavy atom. The summed E-state index contributed by atoms with van der Waals surface area (Å²) in [5, 5.41) is 9.70. The molecule has 5 aliphatic heterocycles. The number of allylic oxidation sites excluding steroid dienone is 2. The highest BCUT2D eigenvalue weighted by atomic mass is 19.3.